The van der Waals surface area contributed by atoms with Gasteiger partial charge in [-0.05, 0) is 36.2 Å². The van der Waals surface area contributed by atoms with Crippen LogP contribution in [0.25, 0.3) is 16.9 Å². The number of nitriles is 1. The number of carbonyl (C=O) groups is 1. The van der Waals surface area contributed by atoms with Crippen LogP contribution in [0.3, 0.4) is 0 Å². The highest BCUT2D eigenvalue weighted by atomic mass is 16.5. The van der Waals surface area contributed by atoms with Crippen LogP contribution in [0.4, 0.5) is 5.82 Å². The summed E-state index contributed by atoms with van der Waals surface area (Å²) in [7, 11) is 1.54. The molecule has 1 heterocycles. The van der Waals surface area contributed by atoms with E-state index >= 15 is 0 Å². The SMILES string of the molecule is COc1ccccc1C(=O)NCc1ccc(-c2nn(-c3ccccc3C)c(N)c2C#N)cc1. The van der Waals surface area contributed by atoms with Crippen molar-refractivity contribution >= 4 is 11.7 Å². The minimum atomic E-state index is -0.215. The van der Waals surface area contributed by atoms with E-state index in [0.29, 0.717) is 34.9 Å². The van der Waals surface area contributed by atoms with Gasteiger partial charge in [0, 0.05) is 12.1 Å². The molecule has 3 N–H and O–H groups in total. The molecule has 7 heteroatoms. The Hall–Kier alpha value is -4.57. The molecule has 0 unspecified atom stereocenters. The van der Waals surface area contributed by atoms with E-state index in [9.17, 15) is 10.1 Å². The fraction of sp³-hybridized carbons (Fsp3) is 0.115. The fourth-order valence-corrected chi connectivity index (χ4v) is 3.62. The summed E-state index contributed by atoms with van der Waals surface area (Å²) >= 11 is 0. The Morgan fingerprint density at radius 1 is 1.09 bits per heavy atom. The lowest BCUT2D eigenvalue weighted by Crippen LogP contribution is -2.23. The van der Waals surface area contributed by atoms with E-state index in [1.807, 2.05) is 61.5 Å². The zero-order valence-corrected chi connectivity index (χ0v) is 18.4. The molecule has 164 valence electrons. The van der Waals surface area contributed by atoms with E-state index in [1.54, 1.807) is 22.9 Å². The van der Waals surface area contributed by atoms with Crippen molar-refractivity contribution in [3.8, 4) is 28.8 Å². The lowest BCUT2D eigenvalue weighted by Gasteiger charge is -2.09. The van der Waals surface area contributed by atoms with Gasteiger partial charge in [0.1, 0.15) is 28.9 Å². The second-order valence-corrected chi connectivity index (χ2v) is 7.50. The van der Waals surface area contributed by atoms with Gasteiger partial charge in [0.25, 0.3) is 5.91 Å². The first-order chi connectivity index (χ1) is 16.0. The Bertz CT molecular complexity index is 1350. The van der Waals surface area contributed by atoms with E-state index in [4.69, 9.17) is 10.5 Å². The van der Waals surface area contributed by atoms with Gasteiger partial charge in [-0.25, -0.2) is 4.68 Å². The van der Waals surface area contributed by atoms with Gasteiger partial charge in [-0.3, -0.25) is 4.79 Å². The number of benzene rings is 3. The molecule has 0 fully saturated rings. The number of methoxy groups -OCH3 is 1. The number of aromatic nitrogens is 2. The molecule has 0 atom stereocenters. The molecule has 0 saturated heterocycles. The quantitative estimate of drug-likeness (QED) is 0.469. The molecule has 0 aliphatic rings. The van der Waals surface area contributed by atoms with Gasteiger partial charge in [-0.1, -0.05) is 54.6 Å². The first-order valence-corrected chi connectivity index (χ1v) is 10.4. The Labute approximate surface area is 192 Å². The maximum absolute atomic E-state index is 12.5. The van der Waals surface area contributed by atoms with E-state index in [-0.39, 0.29) is 5.91 Å². The zero-order chi connectivity index (χ0) is 23.4. The fourth-order valence-electron chi connectivity index (χ4n) is 3.62. The molecular formula is C26H23N5O2. The van der Waals surface area contributed by atoms with Crippen LogP contribution in [0.5, 0.6) is 5.75 Å². The summed E-state index contributed by atoms with van der Waals surface area (Å²) < 4.78 is 6.85. The predicted octanol–water partition coefficient (Wildman–Crippen LogP) is 4.24. The summed E-state index contributed by atoms with van der Waals surface area (Å²) in [5.74, 6) is 0.610. The third-order valence-corrected chi connectivity index (χ3v) is 5.41. The van der Waals surface area contributed by atoms with Crippen molar-refractivity contribution in [2.45, 2.75) is 13.5 Å². The van der Waals surface area contributed by atoms with Gasteiger partial charge >= 0.3 is 0 Å². The maximum Gasteiger partial charge on any atom is 0.255 e. The van der Waals surface area contributed by atoms with Gasteiger partial charge in [0.15, 0.2) is 0 Å². The summed E-state index contributed by atoms with van der Waals surface area (Å²) in [4.78, 5) is 12.5. The van der Waals surface area contributed by atoms with E-state index in [2.05, 4.69) is 16.5 Å². The van der Waals surface area contributed by atoms with Crippen LogP contribution >= 0.6 is 0 Å². The smallest absolute Gasteiger partial charge is 0.255 e. The minimum absolute atomic E-state index is 0.215. The number of carbonyl (C=O) groups excluding carboxylic acids is 1. The number of amides is 1. The first-order valence-electron chi connectivity index (χ1n) is 10.4. The average molecular weight is 438 g/mol. The maximum atomic E-state index is 12.5. The summed E-state index contributed by atoms with van der Waals surface area (Å²) in [5, 5.41) is 17.2. The van der Waals surface area contributed by atoms with Crippen LogP contribution in [0.2, 0.25) is 0 Å². The predicted molar refractivity (Wildman–Crippen MR) is 127 cm³/mol. The third-order valence-electron chi connectivity index (χ3n) is 5.41. The molecule has 0 spiro atoms. The number of nitrogens with zero attached hydrogens (tertiary/aromatic N) is 3. The molecule has 0 aliphatic carbocycles. The van der Waals surface area contributed by atoms with Crippen molar-refractivity contribution in [3.05, 3.63) is 95.1 Å². The van der Waals surface area contributed by atoms with E-state index in [1.165, 1.54) is 7.11 Å². The molecule has 0 radical (unpaired) electrons. The van der Waals surface area contributed by atoms with E-state index in [0.717, 1.165) is 22.4 Å². The molecule has 0 bridgehead atoms. The standard InChI is InChI=1S/C26H23N5O2/c1-17-7-3-5-9-22(17)31-25(28)21(15-27)24(30-31)19-13-11-18(12-14-19)16-29-26(32)20-8-4-6-10-23(20)33-2/h3-14H,16,28H2,1-2H3,(H,29,32). The summed E-state index contributed by atoms with van der Waals surface area (Å²) in [5.41, 5.74) is 11.1. The Morgan fingerprint density at radius 3 is 2.48 bits per heavy atom. The summed E-state index contributed by atoms with van der Waals surface area (Å²) in [6.07, 6.45) is 0. The summed E-state index contributed by atoms with van der Waals surface area (Å²) in [6, 6.07) is 24.5. The number of para-hydroxylation sites is 2. The average Bonchev–Trinajstić information content (AvgIpc) is 3.19. The highest BCUT2D eigenvalue weighted by molar-refractivity contribution is 5.96. The molecule has 4 rings (SSSR count). The lowest BCUT2D eigenvalue weighted by atomic mass is 10.1. The molecule has 0 saturated carbocycles. The van der Waals surface area contributed by atoms with Crippen LogP contribution in [-0.4, -0.2) is 22.8 Å². The minimum Gasteiger partial charge on any atom is -0.496 e. The lowest BCUT2D eigenvalue weighted by molar-refractivity contribution is 0.0948. The molecule has 3 aromatic carbocycles. The van der Waals surface area contributed by atoms with E-state index < -0.39 is 0 Å². The van der Waals surface area contributed by atoms with Gasteiger partial charge in [-0.2, -0.15) is 10.4 Å². The number of anilines is 1. The molecule has 33 heavy (non-hydrogen) atoms. The molecule has 7 nitrogen and oxygen atoms in total. The van der Waals surface area contributed by atoms with Crippen molar-refractivity contribution in [2.75, 3.05) is 12.8 Å². The number of hydrogen-bond acceptors (Lipinski definition) is 5. The zero-order valence-electron chi connectivity index (χ0n) is 18.4. The van der Waals surface area contributed by atoms with Crippen LogP contribution in [-0.2, 0) is 6.54 Å². The molecular weight excluding hydrogens is 414 g/mol. The largest absolute Gasteiger partial charge is 0.496 e. The number of rotatable bonds is 6. The normalized spacial score (nSPS) is 10.5. The number of nitrogens with two attached hydrogens (primary N) is 1. The molecule has 1 aromatic heterocycles. The highest BCUT2D eigenvalue weighted by Gasteiger charge is 2.19. The van der Waals surface area contributed by atoms with Crippen molar-refractivity contribution in [3.63, 3.8) is 0 Å². The van der Waals surface area contributed by atoms with Crippen molar-refractivity contribution < 1.29 is 9.53 Å². The van der Waals surface area contributed by atoms with Crippen LogP contribution < -0.4 is 15.8 Å². The number of nitrogens with one attached hydrogen (secondary N) is 1. The Kier molecular flexibility index (Phi) is 6.09. The van der Waals surface area contributed by atoms with Gasteiger partial charge in [0.2, 0.25) is 0 Å². The van der Waals surface area contributed by atoms with Crippen molar-refractivity contribution in [1.82, 2.24) is 15.1 Å². The second kappa shape index (κ2) is 9.28. The molecule has 1 amide bonds. The highest BCUT2D eigenvalue weighted by Crippen LogP contribution is 2.29. The van der Waals surface area contributed by atoms with Gasteiger partial charge < -0.3 is 15.8 Å². The van der Waals surface area contributed by atoms with Crippen molar-refractivity contribution in [2.24, 2.45) is 0 Å². The van der Waals surface area contributed by atoms with Crippen LogP contribution in [0.1, 0.15) is 27.0 Å². The molecule has 0 aliphatic heterocycles. The monoisotopic (exact) mass is 437 g/mol. The van der Waals surface area contributed by atoms with Crippen LogP contribution in [0.15, 0.2) is 72.8 Å². The van der Waals surface area contributed by atoms with Gasteiger partial charge in [0.05, 0.1) is 18.4 Å². The number of nitrogen functional groups attached to an aromatic ring is 1. The van der Waals surface area contributed by atoms with Gasteiger partial charge in [-0.15, -0.1) is 0 Å². The van der Waals surface area contributed by atoms with Crippen LogP contribution in [0, 0.1) is 18.3 Å². The topological polar surface area (TPSA) is 106 Å². The second-order valence-electron chi connectivity index (χ2n) is 7.50. The summed E-state index contributed by atoms with van der Waals surface area (Å²) in [6.45, 7) is 2.32. The number of hydrogen-bond donors (Lipinski definition) is 2. The Balaban J connectivity index is 1.55. The number of aryl methyl sites for hydroxylation is 1. The number of ether oxygens (including phenoxy) is 1. The molecule has 4 aromatic rings. The first kappa shape index (κ1) is 21.7. The van der Waals surface area contributed by atoms with Crippen molar-refractivity contribution in [1.29, 1.82) is 5.26 Å². The Morgan fingerprint density at radius 2 is 1.79 bits per heavy atom. The third kappa shape index (κ3) is 4.27.